The van der Waals surface area contributed by atoms with Crippen molar-refractivity contribution in [3.8, 4) is 11.4 Å². The van der Waals surface area contributed by atoms with E-state index in [1.807, 2.05) is 0 Å². The van der Waals surface area contributed by atoms with Gasteiger partial charge in [0.1, 0.15) is 12.4 Å². The molecule has 0 bridgehead atoms. The Labute approximate surface area is 247 Å². The number of aryl methyl sites for hydroxylation is 1. The number of ether oxygens (including phenoxy) is 1. The Balaban J connectivity index is 1.43. The highest BCUT2D eigenvalue weighted by Crippen LogP contribution is 2.49. The molecule has 0 radical (unpaired) electrons. The number of hydrogen-bond donors (Lipinski definition) is 2. The van der Waals surface area contributed by atoms with Gasteiger partial charge in [0, 0.05) is 28.5 Å². The van der Waals surface area contributed by atoms with Crippen molar-refractivity contribution >= 4 is 34.4 Å². The topological polar surface area (TPSA) is 111 Å². The summed E-state index contributed by atoms with van der Waals surface area (Å²) < 4.78 is 21.8. The number of aromatic nitrogens is 2. The maximum absolute atomic E-state index is 15.0. The highest BCUT2D eigenvalue weighted by molar-refractivity contribution is 6.32. The maximum Gasteiger partial charge on any atom is 0.343 e. The number of esters is 1. The number of carbonyl (C=O) groups excluding carboxylic acids is 2. The molecule has 4 heterocycles. The maximum atomic E-state index is 15.0. The van der Waals surface area contributed by atoms with Crippen LogP contribution in [0.3, 0.4) is 0 Å². The van der Waals surface area contributed by atoms with Crippen molar-refractivity contribution in [1.29, 1.82) is 0 Å². The van der Waals surface area contributed by atoms with Gasteiger partial charge < -0.3 is 19.7 Å². The van der Waals surface area contributed by atoms with E-state index in [0.29, 0.717) is 46.6 Å². The Morgan fingerprint density at radius 2 is 1.98 bits per heavy atom. The highest BCUT2D eigenvalue weighted by Gasteiger charge is 2.47. The van der Waals surface area contributed by atoms with Crippen LogP contribution >= 0.6 is 11.6 Å². The van der Waals surface area contributed by atoms with Crippen LogP contribution in [-0.2, 0) is 39.5 Å². The lowest BCUT2D eigenvalue weighted by atomic mass is 9.76. The fraction of sp³-hybridized carbons (Fsp3) is 0.500. The molecule has 1 unspecified atom stereocenters. The van der Waals surface area contributed by atoms with Gasteiger partial charge in [0.25, 0.3) is 5.56 Å². The van der Waals surface area contributed by atoms with Crippen molar-refractivity contribution < 1.29 is 23.8 Å². The average molecular weight is 594 g/mol. The predicted octanol–water partition coefficient (Wildman–Crippen LogP) is 5.05. The van der Waals surface area contributed by atoms with Crippen LogP contribution in [0.15, 0.2) is 16.9 Å². The summed E-state index contributed by atoms with van der Waals surface area (Å²) in [4.78, 5) is 45.1. The summed E-state index contributed by atoms with van der Waals surface area (Å²) in [6, 6.07) is 2.56. The third-order valence-electron chi connectivity index (χ3n) is 9.67. The minimum absolute atomic E-state index is 0.00261. The number of amides is 1. The van der Waals surface area contributed by atoms with Crippen LogP contribution < -0.4 is 10.9 Å². The standard InChI is InChI=1S/C32H33ClFN3O5/c1-5-32(41)18-10-22-27-16(12-37(22)29(39)17(18)13-42-30(32)40)24-20(36-28(38)25(14-6-7-14)31(2,3)4)9-8-15-23(24)21(35-27)11-19(34)26(15)33/h10-11,14,20,25,41H,5-9,12-13H2,1-4H3,(H,36,38)/t20-,25?,32-/m0/s1. The van der Waals surface area contributed by atoms with Crippen LogP contribution in [0.1, 0.15) is 87.2 Å². The van der Waals surface area contributed by atoms with Crippen LogP contribution in [0, 0.1) is 23.1 Å². The van der Waals surface area contributed by atoms with Crippen LogP contribution in [0.25, 0.3) is 22.3 Å². The Morgan fingerprint density at radius 3 is 2.64 bits per heavy atom. The van der Waals surface area contributed by atoms with Crippen molar-refractivity contribution in [3.63, 3.8) is 0 Å². The molecule has 8 nitrogen and oxygen atoms in total. The number of carbonyl (C=O) groups is 2. The van der Waals surface area contributed by atoms with E-state index in [9.17, 15) is 19.5 Å². The zero-order valence-electron chi connectivity index (χ0n) is 24.1. The first-order valence-electron chi connectivity index (χ1n) is 14.7. The van der Waals surface area contributed by atoms with Gasteiger partial charge in [0.05, 0.1) is 40.1 Å². The minimum Gasteiger partial charge on any atom is -0.458 e. The number of cyclic esters (lactones) is 1. The Bertz CT molecular complexity index is 1790. The molecule has 3 aromatic rings. The molecular weight excluding hydrogens is 561 g/mol. The molecule has 2 aliphatic carbocycles. The number of rotatable bonds is 4. The third-order valence-corrected chi connectivity index (χ3v) is 10.1. The molecule has 4 aliphatic rings. The van der Waals surface area contributed by atoms with Crippen molar-refractivity contribution in [1.82, 2.24) is 14.9 Å². The molecule has 1 amide bonds. The second-order valence-corrected chi connectivity index (χ2v) is 13.7. The van der Waals surface area contributed by atoms with Gasteiger partial charge in [-0.1, -0.05) is 39.3 Å². The number of benzene rings is 1. The first-order chi connectivity index (χ1) is 19.8. The van der Waals surface area contributed by atoms with Gasteiger partial charge >= 0.3 is 5.97 Å². The van der Waals surface area contributed by atoms with Crippen molar-refractivity contribution in [2.75, 3.05) is 0 Å². The van der Waals surface area contributed by atoms with E-state index in [-0.39, 0.29) is 64.6 Å². The highest BCUT2D eigenvalue weighted by atomic mass is 35.5. The Kier molecular flexibility index (Phi) is 5.96. The molecule has 7 rings (SSSR count). The number of nitrogens with zero attached hydrogens (tertiary/aromatic N) is 2. The molecule has 1 aromatic carbocycles. The molecule has 10 heteroatoms. The number of hydrogen-bond acceptors (Lipinski definition) is 6. The van der Waals surface area contributed by atoms with E-state index in [2.05, 4.69) is 26.1 Å². The van der Waals surface area contributed by atoms with E-state index in [0.717, 1.165) is 24.0 Å². The molecule has 1 fully saturated rings. The molecule has 2 N–H and O–H groups in total. The van der Waals surface area contributed by atoms with Crippen LogP contribution in [-0.4, -0.2) is 26.5 Å². The van der Waals surface area contributed by atoms with Crippen LogP contribution in [0.4, 0.5) is 4.39 Å². The van der Waals surface area contributed by atoms with E-state index < -0.39 is 17.4 Å². The lowest BCUT2D eigenvalue weighted by molar-refractivity contribution is -0.172. The number of fused-ring (bicyclic) bond motifs is 5. The van der Waals surface area contributed by atoms with E-state index >= 15 is 4.39 Å². The molecule has 42 heavy (non-hydrogen) atoms. The smallest absolute Gasteiger partial charge is 0.343 e. The van der Waals surface area contributed by atoms with Gasteiger partial charge in [0.2, 0.25) is 5.91 Å². The van der Waals surface area contributed by atoms with Gasteiger partial charge in [-0.15, -0.1) is 0 Å². The molecule has 2 aromatic heterocycles. The number of halogens is 2. The van der Waals surface area contributed by atoms with Crippen molar-refractivity contribution in [3.05, 3.63) is 61.1 Å². The predicted molar refractivity (Wildman–Crippen MR) is 154 cm³/mol. The van der Waals surface area contributed by atoms with Crippen molar-refractivity contribution in [2.45, 2.75) is 84.6 Å². The van der Waals surface area contributed by atoms with Gasteiger partial charge in [0.15, 0.2) is 5.60 Å². The monoisotopic (exact) mass is 593 g/mol. The van der Waals surface area contributed by atoms with Gasteiger partial charge in [-0.05, 0) is 60.6 Å². The zero-order chi connectivity index (χ0) is 29.9. The summed E-state index contributed by atoms with van der Waals surface area (Å²) in [7, 11) is 0. The number of nitrogens with one attached hydrogen (secondary N) is 1. The quantitative estimate of drug-likeness (QED) is 0.321. The molecule has 1 saturated carbocycles. The van der Waals surface area contributed by atoms with Gasteiger partial charge in [-0.2, -0.15) is 0 Å². The molecule has 220 valence electrons. The van der Waals surface area contributed by atoms with Crippen molar-refractivity contribution in [2.24, 2.45) is 17.3 Å². The van der Waals surface area contributed by atoms with Gasteiger partial charge in [-0.25, -0.2) is 14.2 Å². The summed E-state index contributed by atoms with van der Waals surface area (Å²) in [6.45, 7) is 7.87. The molecule has 2 aliphatic heterocycles. The van der Waals surface area contributed by atoms with E-state index in [1.165, 1.54) is 6.07 Å². The Hall–Kier alpha value is -3.30. The normalized spacial score (nSPS) is 23.2. The van der Waals surface area contributed by atoms with Crippen LogP contribution in [0.5, 0.6) is 0 Å². The summed E-state index contributed by atoms with van der Waals surface area (Å²) in [6.07, 6.45) is 3.09. The lowest BCUT2D eigenvalue weighted by Crippen LogP contribution is -2.44. The first kappa shape index (κ1) is 27.5. The lowest BCUT2D eigenvalue weighted by Gasteiger charge is -2.34. The second-order valence-electron chi connectivity index (χ2n) is 13.3. The number of pyridine rings is 2. The molecule has 0 spiro atoms. The SMILES string of the molecule is CC[C@@]1(O)C(=O)OCc2c1cc1n(c2=O)Cc2c-1nc1cc(F)c(Cl)c3c1c2[C@@H](NC(=O)C(C1CC1)C(C)(C)C)CC3. The Morgan fingerprint density at radius 1 is 1.24 bits per heavy atom. The van der Waals surface area contributed by atoms with E-state index in [1.54, 1.807) is 17.6 Å². The molecule has 3 atom stereocenters. The van der Waals surface area contributed by atoms with Crippen LogP contribution in [0.2, 0.25) is 5.02 Å². The van der Waals surface area contributed by atoms with E-state index in [4.69, 9.17) is 21.3 Å². The molecular formula is C32H33ClFN3O5. The minimum atomic E-state index is -1.95. The summed E-state index contributed by atoms with van der Waals surface area (Å²) >= 11 is 6.49. The average Bonchev–Trinajstić information content (AvgIpc) is 3.68. The summed E-state index contributed by atoms with van der Waals surface area (Å²) in [5.41, 5.74) is 1.40. The summed E-state index contributed by atoms with van der Waals surface area (Å²) in [5.74, 6) is -1.17. The summed E-state index contributed by atoms with van der Waals surface area (Å²) in [5, 5.41) is 15.3. The first-order valence-corrected chi connectivity index (χ1v) is 15.0. The molecule has 0 saturated heterocycles. The second kappa shape index (κ2) is 9.10. The third kappa shape index (κ3) is 3.82. The largest absolute Gasteiger partial charge is 0.458 e. The van der Waals surface area contributed by atoms with Gasteiger partial charge in [-0.3, -0.25) is 9.59 Å². The zero-order valence-corrected chi connectivity index (χ0v) is 24.8. The number of aliphatic hydroxyl groups is 1. The fourth-order valence-corrected chi connectivity index (χ4v) is 7.75. The fourth-order valence-electron chi connectivity index (χ4n) is 7.50.